The fraction of sp³-hybridized carbons (Fsp3) is 0.176. The summed E-state index contributed by atoms with van der Waals surface area (Å²) in [6.45, 7) is 1.32. The number of esters is 1. The van der Waals surface area contributed by atoms with Gasteiger partial charge in [-0.2, -0.15) is 0 Å². The Labute approximate surface area is 132 Å². The van der Waals surface area contributed by atoms with E-state index in [1.54, 1.807) is 18.2 Å². The lowest BCUT2D eigenvalue weighted by Crippen LogP contribution is -2.07. The maximum absolute atomic E-state index is 12.0. The Kier molecular flexibility index (Phi) is 4.85. The second kappa shape index (κ2) is 6.83. The van der Waals surface area contributed by atoms with Crippen molar-refractivity contribution < 1.29 is 29.3 Å². The Balaban J connectivity index is 2.18. The number of rotatable bonds is 5. The molecule has 0 amide bonds. The number of methoxy groups -OCH3 is 1. The summed E-state index contributed by atoms with van der Waals surface area (Å²) < 4.78 is 10.3. The molecule has 2 rings (SSSR count). The average Bonchev–Trinajstić information content (AvgIpc) is 2.52. The molecule has 2 aromatic carbocycles. The van der Waals surface area contributed by atoms with Crippen LogP contribution in [0.5, 0.6) is 17.2 Å². The fourth-order valence-electron chi connectivity index (χ4n) is 2.02. The summed E-state index contributed by atoms with van der Waals surface area (Å²) >= 11 is 0. The maximum atomic E-state index is 12.0. The third kappa shape index (κ3) is 3.79. The molecule has 0 aliphatic rings. The van der Waals surface area contributed by atoms with Crippen molar-refractivity contribution in [3.05, 3.63) is 53.1 Å². The summed E-state index contributed by atoms with van der Waals surface area (Å²) in [5.41, 5.74) is 0.945. The van der Waals surface area contributed by atoms with Crippen LogP contribution in [-0.2, 0) is 11.3 Å². The number of hydrogen-bond acceptors (Lipinski definition) is 6. The van der Waals surface area contributed by atoms with Gasteiger partial charge in [0.15, 0.2) is 5.78 Å². The predicted molar refractivity (Wildman–Crippen MR) is 81.9 cm³/mol. The molecule has 0 saturated carbocycles. The molecule has 0 atom stereocenters. The highest BCUT2D eigenvalue weighted by Gasteiger charge is 2.15. The average molecular weight is 316 g/mol. The molecular weight excluding hydrogens is 300 g/mol. The number of carbonyl (C=O) groups excluding carboxylic acids is 2. The normalized spacial score (nSPS) is 10.2. The van der Waals surface area contributed by atoms with Crippen LogP contribution >= 0.6 is 0 Å². The van der Waals surface area contributed by atoms with Crippen LogP contribution < -0.4 is 4.74 Å². The van der Waals surface area contributed by atoms with Gasteiger partial charge in [0.05, 0.1) is 7.11 Å². The SMILES string of the molecule is COc1ccc(C(C)=O)cc1COC(=O)c1ccc(O)cc1O. The van der Waals surface area contributed by atoms with E-state index < -0.39 is 5.97 Å². The molecule has 6 heteroatoms. The first kappa shape index (κ1) is 16.4. The largest absolute Gasteiger partial charge is 0.508 e. The van der Waals surface area contributed by atoms with Crippen LogP contribution in [0.4, 0.5) is 0 Å². The number of ether oxygens (including phenoxy) is 2. The topological polar surface area (TPSA) is 93.1 Å². The zero-order valence-corrected chi connectivity index (χ0v) is 12.7. The molecule has 0 fully saturated rings. The molecule has 0 aromatic heterocycles. The molecule has 23 heavy (non-hydrogen) atoms. The molecule has 2 N–H and O–H groups in total. The van der Waals surface area contributed by atoms with E-state index in [2.05, 4.69) is 0 Å². The molecule has 0 unspecified atom stereocenters. The van der Waals surface area contributed by atoms with E-state index in [-0.39, 0.29) is 29.5 Å². The number of phenols is 2. The van der Waals surface area contributed by atoms with Gasteiger partial charge in [-0.05, 0) is 37.3 Å². The van der Waals surface area contributed by atoms with Gasteiger partial charge in [0.2, 0.25) is 0 Å². The third-order valence-electron chi connectivity index (χ3n) is 3.25. The number of benzene rings is 2. The highest BCUT2D eigenvalue weighted by atomic mass is 16.5. The van der Waals surface area contributed by atoms with E-state index in [0.717, 1.165) is 6.07 Å². The number of phenolic OH excluding ortho intramolecular Hbond substituents is 2. The van der Waals surface area contributed by atoms with E-state index >= 15 is 0 Å². The molecule has 0 heterocycles. The lowest BCUT2D eigenvalue weighted by atomic mass is 10.1. The fourth-order valence-corrected chi connectivity index (χ4v) is 2.02. The van der Waals surface area contributed by atoms with Gasteiger partial charge in [-0.25, -0.2) is 4.79 Å². The Hall–Kier alpha value is -3.02. The summed E-state index contributed by atoms with van der Waals surface area (Å²) in [7, 11) is 1.47. The monoisotopic (exact) mass is 316 g/mol. The van der Waals surface area contributed by atoms with Crippen LogP contribution in [0.25, 0.3) is 0 Å². The van der Waals surface area contributed by atoms with Gasteiger partial charge >= 0.3 is 5.97 Å². The van der Waals surface area contributed by atoms with E-state index in [9.17, 15) is 19.8 Å². The summed E-state index contributed by atoms with van der Waals surface area (Å²) in [6, 6.07) is 8.42. The lowest BCUT2D eigenvalue weighted by molar-refractivity contribution is 0.0467. The van der Waals surface area contributed by atoms with Crippen LogP contribution in [0, 0.1) is 0 Å². The first-order valence-corrected chi connectivity index (χ1v) is 6.79. The Morgan fingerprint density at radius 3 is 2.43 bits per heavy atom. The van der Waals surface area contributed by atoms with Gasteiger partial charge in [-0.3, -0.25) is 4.79 Å². The molecule has 120 valence electrons. The minimum Gasteiger partial charge on any atom is -0.508 e. The van der Waals surface area contributed by atoms with E-state index in [1.165, 1.54) is 26.2 Å². The van der Waals surface area contributed by atoms with Gasteiger partial charge in [-0.1, -0.05) is 0 Å². The van der Waals surface area contributed by atoms with E-state index in [0.29, 0.717) is 16.9 Å². The van der Waals surface area contributed by atoms with E-state index in [4.69, 9.17) is 9.47 Å². The van der Waals surface area contributed by atoms with Crippen molar-refractivity contribution in [1.82, 2.24) is 0 Å². The molecule has 0 aliphatic heterocycles. The third-order valence-corrected chi connectivity index (χ3v) is 3.25. The van der Waals surface area contributed by atoms with Crippen LogP contribution in [0.3, 0.4) is 0 Å². The number of ketones is 1. The number of aromatic hydroxyl groups is 2. The highest BCUT2D eigenvalue weighted by Crippen LogP contribution is 2.25. The second-order valence-electron chi connectivity index (χ2n) is 4.86. The van der Waals surface area contributed by atoms with Crippen molar-refractivity contribution >= 4 is 11.8 Å². The zero-order valence-electron chi connectivity index (χ0n) is 12.7. The van der Waals surface area contributed by atoms with Gasteiger partial charge < -0.3 is 19.7 Å². The van der Waals surface area contributed by atoms with Crippen molar-refractivity contribution in [2.45, 2.75) is 13.5 Å². The van der Waals surface area contributed by atoms with Crippen molar-refractivity contribution in [2.24, 2.45) is 0 Å². The van der Waals surface area contributed by atoms with Crippen molar-refractivity contribution in [2.75, 3.05) is 7.11 Å². The van der Waals surface area contributed by atoms with Crippen molar-refractivity contribution in [1.29, 1.82) is 0 Å². The first-order valence-electron chi connectivity index (χ1n) is 6.79. The molecule has 0 saturated heterocycles. The predicted octanol–water partition coefficient (Wildman–Crippen LogP) is 2.67. The standard InChI is InChI=1S/C17H16O6/c1-10(18)11-3-6-16(22-2)12(7-11)9-23-17(21)14-5-4-13(19)8-15(14)20/h3-8,19-20H,9H2,1-2H3. The van der Waals surface area contributed by atoms with Gasteiger partial charge in [0, 0.05) is 17.2 Å². The minimum atomic E-state index is -0.752. The van der Waals surface area contributed by atoms with Crippen LogP contribution in [0.15, 0.2) is 36.4 Å². The first-order chi connectivity index (χ1) is 10.9. The summed E-state index contributed by atoms with van der Waals surface area (Å²) in [4.78, 5) is 23.4. The maximum Gasteiger partial charge on any atom is 0.342 e. The summed E-state index contributed by atoms with van der Waals surface area (Å²) in [6.07, 6.45) is 0. The van der Waals surface area contributed by atoms with Crippen LogP contribution in [0.2, 0.25) is 0 Å². The number of Topliss-reactive ketones (excluding diaryl/α,β-unsaturated/α-hetero) is 1. The number of carbonyl (C=O) groups is 2. The van der Waals surface area contributed by atoms with E-state index in [1.807, 2.05) is 0 Å². The molecule has 0 spiro atoms. The Bertz CT molecular complexity index is 751. The summed E-state index contributed by atoms with van der Waals surface area (Å²) in [5, 5.41) is 18.9. The number of hydrogen-bond donors (Lipinski definition) is 2. The molecule has 0 aliphatic carbocycles. The molecule has 6 nitrogen and oxygen atoms in total. The van der Waals surface area contributed by atoms with Crippen LogP contribution in [0.1, 0.15) is 33.2 Å². The second-order valence-corrected chi connectivity index (χ2v) is 4.86. The lowest BCUT2D eigenvalue weighted by Gasteiger charge is -2.11. The minimum absolute atomic E-state index is 0.0653. The molecule has 0 radical (unpaired) electrons. The van der Waals surface area contributed by atoms with Gasteiger partial charge in [0.25, 0.3) is 0 Å². The van der Waals surface area contributed by atoms with Gasteiger partial charge in [-0.15, -0.1) is 0 Å². The molecular formula is C17H16O6. The van der Waals surface area contributed by atoms with Crippen molar-refractivity contribution in [3.63, 3.8) is 0 Å². The highest BCUT2D eigenvalue weighted by molar-refractivity contribution is 5.94. The van der Waals surface area contributed by atoms with Gasteiger partial charge in [0.1, 0.15) is 29.4 Å². The summed E-state index contributed by atoms with van der Waals surface area (Å²) in [5.74, 6) is -0.916. The van der Waals surface area contributed by atoms with Crippen LogP contribution in [-0.4, -0.2) is 29.1 Å². The quantitative estimate of drug-likeness (QED) is 0.651. The molecule has 2 aromatic rings. The Morgan fingerprint density at radius 2 is 1.83 bits per heavy atom. The smallest absolute Gasteiger partial charge is 0.342 e. The molecule has 0 bridgehead atoms. The Morgan fingerprint density at radius 1 is 1.09 bits per heavy atom. The zero-order chi connectivity index (χ0) is 17.0. The van der Waals surface area contributed by atoms with Crippen molar-refractivity contribution in [3.8, 4) is 17.2 Å².